The van der Waals surface area contributed by atoms with Crippen LogP contribution in [0.1, 0.15) is 143 Å². The summed E-state index contributed by atoms with van der Waals surface area (Å²) >= 11 is 0. The van der Waals surface area contributed by atoms with Gasteiger partial charge in [0.2, 0.25) is 0 Å². The monoisotopic (exact) mass is 580 g/mol. The van der Waals surface area contributed by atoms with Gasteiger partial charge in [0.05, 0.1) is 18.4 Å². The molecule has 1 atom stereocenters. The predicted octanol–water partition coefficient (Wildman–Crippen LogP) is 12.5. The number of allylic oxidation sites excluding steroid dienone is 2. The van der Waals surface area contributed by atoms with Crippen molar-refractivity contribution >= 4 is 0 Å². The second kappa shape index (κ2) is 31.0. The fraction of sp³-hybridized carbons (Fsp3) is 0.676. The lowest BCUT2D eigenvalue weighted by Crippen LogP contribution is -2.08. The van der Waals surface area contributed by atoms with E-state index in [1.807, 2.05) is 20.8 Å². The summed E-state index contributed by atoms with van der Waals surface area (Å²) in [7, 11) is 1.64. The number of ether oxygens (including phenoxy) is 1. The molecule has 0 saturated heterocycles. The van der Waals surface area contributed by atoms with Gasteiger partial charge >= 0.3 is 0 Å². The van der Waals surface area contributed by atoms with Crippen molar-refractivity contribution < 1.29 is 13.5 Å². The van der Waals surface area contributed by atoms with Crippen LogP contribution in [0.4, 0.5) is 8.78 Å². The number of rotatable bonds is 12. The molecule has 0 heterocycles. The first-order valence-electron chi connectivity index (χ1n) is 16.3. The van der Waals surface area contributed by atoms with Crippen molar-refractivity contribution in [2.75, 3.05) is 20.3 Å². The third-order valence-corrected chi connectivity index (χ3v) is 6.76. The van der Waals surface area contributed by atoms with E-state index in [1.54, 1.807) is 7.05 Å². The Labute approximate surface area is 255 Å². The van der Waals surface area contributed by atoms with Crippen LogP contribution in [-0.4, -0.2) is 20.3 Å². The van der Waals surface area contributed by atoms with Crippen molar-refractivity contribution in [1.82, 2.24) is 5.32 Å². The first-order valence-corrected chi connectivity index (χ1v) is 16.3. The van der Waals surface area contributed by atoms with Gasteiger partial charge in [0.1, 0.15) is 12.5 Å². The van der Waals surface area contributed by atoms with E-state index in [9.17, 15) is 8.78 Å². The third-order valence-electron chi connectivity index (χ3n) is 6.76. The second-order valence-corrected chi connectivity index (χ2v) is 10.7. The van der Waals surface area contributed by atoms with Gasteiger partial charge in [0.25, 0.3) is 0 Å². The lowest BCUT2D eigenvalue weighted by atomic mass is 9.84. The van der Waals surface area contributed by atoms with E-state index >= 15 is 0 Å². The first kappa shape index (κ1) is 43.5. The highest BCUT2D eigenvalue weighted by Gasteiger charge is 2.13. The SMILES string of the molecule is C=C(NC)/C(F)=C\COC(C)c1ccc(C(CCC)CCC)cc1.C=CCF.CC.CC1CCC(C)CC1.CCC. The molecule has 2 rings (SSSR count). The summed E-state index contributed by atoms with van der Waals surface area (Å²) in [5.74, 6) is 2.31. The van der Waals surface area contributed by atoms with Crippen LogP contribution in [0.15, 0.2) is 61.1 Å². The maximum absolute atomic E-state index is 13.6. The molecule has 4 heteroatoms. The van der Waals surface area contributed by atoms with Crippen LogP contribution in [0.25, 0.3) is 0 Å². The van der Waals surface area contributed by atoms with Crippen LogP contribution in [0, 0.1) is 11.8 Å². The molecule has 0 amide bonds. The molecule has 1 unspecified atom stereocenters. The van der Waals surface area contributed by atoms with E-state index < -0.39 is 6.67 Å². The van der Waals surface area contributed by atoms with Gasteiger partial charge in [-0.3, -0.25) is 0 Å². The minimum atomic E-state index is -0.417. The average Bonchev–Trinajstić information content (AvgIpc) is 3.00. The molecule has 1 aliphatic carbocycles. The highest BCUT2D eigenvalue weighted by molar-refractivity contribution is 5.27. The Balaban J connectivity index is -0.000000689. The topological polar surface area (TPSA) is 21.3 Å². The molecule has 0 spiro atoms. The minimum Gasteiger partial charge on any atom is -0.386 e. The fourth-order valence-electron chi connectivity index (χ4n) is 4.24. The molecule has 1 aromatic rings. The lowest BCUT2D eigenvalue weighted by Gasteiger charge is -2.22. The van der Waals surface area contributed by atoms with Gasteiger partial charge in [-0.1, -0.05) is 137 Å². The molecule has 1 aliphatic rings. The zero-order chi connectivity index (χ0) is 32.1. The molecule has 0 aliphatic heterocycles. The predicted molar refractivity (Wildman–Crippen MR) is 181 cm³/mol. The number of halogens is 2. The van der Waals surface area contributed by atoms with Crippen LogP contribution >= 0.6 is 0 Å². The van der Waals surface area contributed by atoms with Gasteiger partial charge in [-0.15, -0.1) is 6.58 Å². The van der Waals surface area contributed by atoms with E-state index in [4.69, 9.17) is 4.74 Å². The van der Waals surface area contributed by atoms with Crippen molar-refractivity contribution in [2.24, 2.45) is 11.8 Å². The summed E-state index contributed by atoms with van der Waals surface area (Å²) in [5.41, 5.74) is 2.80. The third kappa shape index (κ3) is 24.4. The number of alkyl halides is 1. The Hall–Kier alpha value is -1.94. The molecule has 1 saturated carbocycles. The number of likely N-dealkylation sites (N-methyl/N-ethyl adjacent to an activating group) is 1. The molecular formula is C37H67F2NO. The van der Waals surface area contributed by atoms with Crippen LogP contribution in [0.3, 0.4) is 0 Å². The quantitative estimate of drug-likeness (QED) is 0.196. The number of hydrogen-bond donors (Lipinski definition) is 1. The highest BCUT2D eigenvalue weighted by Crippen LogP contribution is 2.28. The Morgan fingerprint density at radius 3 is 1.68 bits per heavy atom. The second-order valence-electron chi connectivity index (χ2n) is 10.7. The van der Waals surface area contributed by atoms with Gasteiger partial charge < -0.3 is 10.1 Å². The summed E-state index contributed by atoms with van der Waals surface area (Å²) in [6, 6.07) is 8.69. The van der Waals surface area contributed by atoms with Crippen molar-refractivity contribution in [3.63, 3.8) is 0 Å². The first-order chi connectivity index (χ1) is 19.6. The standard InChI is InChI=1S/C21H32FNO.C8H16.C3H5F.C3H8.C2H6/c1-6-8-19(9-7-2)20-12-10-18(11-13-20)17(4)24-15-14-21(22)16(3)23-5;1-7-3-5-8(2)6-4-7;1-2-3-4;1-3-2;1-2/h10-14,17,19,23H,3,6-9,15H2,1-2,4-5H3;7-8H,3-6H2,1-2H3;2H,1,3H2;3H2,1-2H3;1-2H3/b21-14+;;;;. The van der Waals surface area contributed by atoms with E-state index in [-0.39, 0.29) is 24.2 Å². The molecule has 2 nitrogen and oxygen atoms in total. The van der Waals surface area contributed by atoms with Crippen LogP contribution in [0.5, 0.6) is 0 Å². The zero-order valence-electron chi connectivity index (χ0n) is 28.6. The molecule has 0 bridgehead atoms. The van der Waals surface area contributed by atoms with E-state index in [1.165, 1.54) is 75.5 Å². The van der Waals surface area contributed by atoms with E-state index in [2.05, 4.69) is 84.3 Å². The molecule has 0 radical (unpaired) electrons. The van der Waals surface area contributed by atoms with Crippen LogP contribution in [0.2, 0.25) is 0 Å². The molecule has 0 aromatic heterocycles. The molecule has 1 N–H and O–H groups in total. The molecule has 1 fully saturated rings. The number of benzene rings is 1. The maximum atomic E-state index is 13.6. The lowest BCUT2D eigenvalue weighted by molar-refractivity contribution is 0.0878. The summed E-state index contributed by atoms with van der Waals surface area (Å²) in [4.78, 5) is 0. The van der Waals surface area contributed by atoms with Crippen molar-refractivity contribution in [3.05, 3.63) is 72.2 Å². The maximum Gasteiger partial charge on any atom is 0.143 e. The largest absolute Gasteiger partial charge is 0.386 e. The van der Waals surface area contributed by atoms with Gasteiger partial charge in [-0.25, -0.2) is 8.78 Å². The smallest absolute Gasteiger partial charge is 0.143 e. The van der Waals surface area contributed by atoms with Gasteiger partial charge in [0, 0.05) is 7.05 Å². The number of hydrogen-bond acceptors (Lipinski definition) is 2. The Morgan fingerprint density at radius 1 is 0.951 bits per heavy atom. The van der Waals surface area contributed by atoms with Crippen molar-refractivity contribution in [1.29, 1.82) is 0 Å². The zero-order valence-corrected chi connectivity index (χ0v) is 28.6. The fourth-order valence-corrected chi connectivity index (χ4v) is 4.24. The van der Waals surface area contributed by atoms with Crippen molar-refractivity contribution in [3.8, 4) is 0 Å². The van der Waals surface area contributed by atoms with Crippen LogP contribution < -0.4 is 5.32 Å². The average molecular weight is 580 g/mol. The van der Waals surface area contributed by atoms with Crippen LogP contribution in [-0.2, 0) is 4.74 Å². The van der Waals surface area contributed by atoms with Gasteiger partial charge in [0.15, 0.2) is 0 Å². The minimum absolute atomic E-state index is 0.0678. The molecule has 41 heavy (non-hydrogen) atoms. The molecule has 240 valence electrons. The number of nitrogens with one attached hydrogen (secondary N) is 1. The van der Waals surface area contributed by atoms with E-state index in [0.717, 1.165) is 17.4 Å². The summed E-state index contributed by atoms with van der Waals surface area (Å²) in [6.45, 7) is 25.9. The molecule has 1 aromatic carbocycles. The molecular weight excluding hydrogens is 512 g/mol. The van der Waals surface area contributed by atoms with Gasteiger partial charge in [-0.05, 0) is 54.7 Å². The summed E-state index contributed by atoms with van der Waals surface area (Å²) < 4.78 is 29.9. The van der Waals surface area contributed by atoms with E-state index in [0.29, 0.717) is 5.92 Å². The van der Waals surface area contributed by atoms with Gasteiger partial charge in [-0.2, -0.15) is 0 Å². The Bertz CT molecular complexity index is 720. The van der Waals surface area contributed by atoms with Crippen molar-refractivity contribution in [2.45, 2.75) is 132 Å². The highest BCUT2D eigenvalue weighted by atomic mass is 19.1. The summed E-state index contributed by atoms with van der Waals surface area (Å²) in [5, 5.41) is 2.68. The Morgan fingerprint density at radius 2 is 1.34 bits per heavy atom. The Kier molecular flexibility index (Phi) is 32.9. The normalized spacial score (nSPS) is 16.7. The summed E-state index contributed by atoms with van der Waals surface area (Å²) in [6.07, 6.45) is 14.6.